The average Bonchev–Trinajstić information content (AvgIpc) is 2.98. The fourth-order valence-electron chi connectivity index (χ4n) is 1.21. The minimum atomic E-state index is -0.265. The van der Waals surface area contributed by atoms with E-state index < -0.39 is 0 Å². The molecule has 1 fully saturated rings. The zero-order valence-corrected chi connectivity index (χ0v) is 8.03. The molecule has 1 heterocycles. The Morgan fingerprint density at radius 1 is 1.57 bits per heavy atom. The molecule has 74 valence electrons. The van der Waals surface area contributed by atoms with Crippen LogP contribution in [-0.2, 0) is 9.47 Å². The smallest absolute Gasteiger partial charge is 0.338 e. The van der Waals surface area contributed by atoms with Crippen LogP contribution < -0.4 is 0 Å². The van der Waals surface area contributed by atoms with Gasteiger partial charge in [0, 0.05) is 0 Å². The highest BCUT2D eigenvalue weighted by atomic mass is 16.6. The van der Waals surface area contributed by atoms with Crippen molar-refractivity contribution in [3.8, 4) is 0 Å². The third-order valence-electron chi connectivity index (χ3n) is 2.17. The standard InChI is InChI=1S/C11H12O3/c1-8-4-2-3-5-10(8)11(12)14-7-9-6-13-9/h2-5,9H,6-7H2,1H3. The number of rotatable bonds is 3. The molecule has 0 radical (unpaired) electrons. The second-order valence-corrected chi connectivity index (χ2v) is 3.37. The quantitative estimate of drug-likeness (QED) is 0.538. The minimum absolute atomic E-state index is 0.128. The van der Waals surface area contributed by atoms with Crippen LogP contribution in [0.25, 0.3) is 0 Å². The molecule has 1 unspecified atom stereocenters. The molecule has 0 aromatic heterocycles. The normalized spacial score (nSPS) is 19.1. The van der Waals surface area contributed by atoms with Gasteiger partial charge in [-0.3, -0.25) is 0 Å². The van der Waals surface area contributed by atoms with E-state index in [2.05, 4.69) is 0 Å². The van der Waals surface area contributed by atoms with Crippen LogP contribution in [0.2, 0.25) is 0 Å². The van der Waals surface area contributed by atoms with Crippen molar-refractivity contribution in [3.05, 3.63) is 35.4 Å². The van der Waals surface area contributed by atoms with Crippen LogP contribution in [0, 0.1) is 6.92 Å². The monoisotopic (exact) mass is 192 g/mol. The molecular weight excluding hydrogens is 180 g/mol. The maximum Gasteiger partial charge on any atom is 0.338 e. The molecule has 0 amide bonds. The topological polar surface area (TPSA) is 38.8 Å². The van der Waals surface area contributed by atoms with Gasteiger partial charge in [0.05, 0.1) is 12.2 Å². The number of hydrogen-bond acceptors (Lipinski definition) is 3. The number of epoxide rings is 1. The molecule has 1 aliphatic heterocycles. The maximum absolute atomic E-state index is 11.5. The van der Waals surface area contributed by atoms with Crippen molar-refractivity contribution in [1.82, 2.24) is 0 Å². The summed E-state index contributed by atoms with van der Waals surface area (Å²) in [5, 5.41) is 0. The zero-order valence-electron chi connectivity index (χ0n) is 8.03. The Balaban J connectivity index is 1.98. The molecule has 3 nitrogen and oxygen atoms in total. The third kappa shape index (κ3) is 2.12. The molecule has 14 heavy (non-hydrogen) atoms. The largest absolute Gasteiger partial charge is 0.459 e. The Bertz CT molecular complexity index is 342. The summed E-state index contributed by atoms with van der Waals surface area (Å²) in [6.45, 7) is 2.97. The molecule has 2 rings (SSSR count). The molecule has 1 saturated heterocycles. The first kappa shape index (κ1) is 9.21. The van der Waals surface area contributed by atoms with Gasteiger partial charge < -0.3 is 9.47 Å². The summed E-state index contributed by atoms with van der Waals surface area (Å²) < 4.78 is 10.0. The molecule has 1 atom stereocenters. The summed E-state index contributed by atoms with van der Waals surface area (Å²) in [5.74, 6) is -0.265. The van der Waals surface area contributed by atoms with Gasteiger partial charge in [-0.25, -0.2) is 4.79 Å². The highest BCUT2D eigenvalue weighted by Crippen LogP contribution is 2.12. The van der Waals surface area contributed by atoms with Crippen LogP contribution in [-0.4, -0.2) is 25.3 Å². The van der Waals surface area contributed by atoms with E-state index in [0.717, 1.165) is 5.56 Å². The van der Waals surface area contributed by atoms with Gasteiger partial charge in [-0.1, -0.05) is 18.2 Å². The highest BCUT2D eigenvalue weighted by Gasteiger charge is 2.24. The SMILES string of the molecule is Cc1ccccc1C(=O)OCC1CO1. The summed E-state index contributed by atoms with van der Waals surface area (Å²) in [6, 6.07) is 7.39. The summed E-state index contributed by atoms with van der Waals surface area (Å²) in [5.41, 5.74) is 1.57. The Morgan fingerprint density at radius 2 is 2.29 bits per heavy atom. The van der Waals surface area contributed by atoms with E-state index in [0.29, 0.717) is 18.8 Å². The Hall–Kier alpha value is -1.35. The van der Waals surface area contributed by atoms with E-state index in [9.17, 15) is 4.79 Å². The predicted molar refractivity (Wildman–Crippen MR) is 51.2 cm³/mol. The van der Waals surface area contributed by atoms with Crippen molar-refractivity contribution in [2.24, 2.45) is 0 Å². The zero-order chi connectivity index (χ0) is 9.97. The fraction of sp³-hybridized carbons (Fsp3) is 0.364. The van der Waals surface area contributed by atoms with Gasteiger partial charge >= 0.3 is 5.97 Å². The molecule has 1 aromatic carbocycles. The first-order valence-electron chi connectivity index (χ1n) is 4.62. The molecule has 0 N–H and O–H groups in total. The van der Waals surface area contributed by atoms with Crippen LogP contribution in [0.15, 0.2) is 24.3 Å². The van der Waals surface area contributed by atoms with E-state index in [-0.39, 0.29) is 12.1 Å². The molecule has 0 aliphatic carbocycles. The van der Waals surface area contributed by atoms with Crippen LogP contribution in [0.3, 0.4) is 0 Å². The second-order valence-electron chi connectivity index (χ2n) is 3.37. The van der Waals surface area contributed by atoms with Crippen molar-refractivity contribution < 1.29 is 14.3 Å². The average molecular weight is 192 g/mol. The third-order valence-corrected chi connectivity index (χ3v) is 2.17. The number of ether oxygens (including phenoxy) is 2. The Kier molecular flexibility index (Phi) is 2.50. The van der Waals surface area contributed by atoms with E-state index in [4.69, 9.17) is 9.47 Å². The van der Waals surface area contributed by atoms with Crippen molar-refractivity contribution in [2.45, 2.75) is 13.0 Å². The number of benzene rings is 1. The lowest BCUT2D eigenvalue weighted by atomic mass is 10.1. The lowest BCUT2D eigenvalue weighted by Crippen LogP contribution is -2.11. The summed E-state index contributed by atoms with van der Waals surface area (Å²) >= 11 is 0. The minimum Gasteiger partial charge on any atom is -0.459 e. The maximum atomic E-state index is 11.5. The summed E-state index contributed by atoms with van der Waals surface area (Å²) in [6.07, 6.45) is 0.128. The first-order valence-corrected chi connectivity index (χ1v) is 4.62. The number of hydrogen-bond donors (Lipinski definition) is 0. The second kappa shape index (κ2) is 3.80. The fourth-order valence-corrected chi connectivity index (χ4v) is 1.21. The molecule has 3 heteroatoms. The molecular formula is C11H12O3. The number of esters is 1. The summed E-state index contributed by atoms with van der Waals surface area (Å²) in [4.78, 5) is 11.5. The van der Waals surface area contributed by atoms with Gasteiger partial charge in [0.15, 0.2) is 0 Å². The predicted octanol–water partition coefficient (Wildman–Crippen LogP) is 1.55. The van der Waals surface area contributed by atoms with Gasteiger partial charge in [-0.2, -0.15) is 0 Å². The van der Waals surface area contributed by atoms with Crippen molar-refractivity contribution in [3.63, 3.8) is 0 Å². The summed E-state index contributed by atoms with van der Waals surface area (Å²) in [7, 11) is 0. The van der Waals surface area contributed by atoms with Crippen LogP contribution in [0.5, 0.6) is 0 Å². The van der Waals surface area contributed by atoms with Crippen molar-refractivity contribution in [1.29, 1.82) is 0 Å². The van der Waals surface area contributed by atoms with Gasteiger partial charge in [0.2, 0.25) is 0 Å². The van der Waals surface area contributed by atoms with Crippen LogP contribution in [0.1, 0.15) is 15.9 Å². The molecule has 0 bridgehead atoms. The Labute approximate surface area is 82.6 Å². The van der Waals surface area contributed by atoms with Gasteiger partial charge in [0.25, 0.3) is 0 Å². The Morgan fingerprint density at radius 3 is 2.93 bits per heavy atom. The molecule has 1 aromatic rings. The van der Waals surface area contributed by atoms with Crippen LogP contribution >= 0.6 is 0 Å². The van der Waals surface area contributed by atoms with Crippen molar-refractivity contribution >= 4 is 5.97 Å². The lowest BCUT2D eigenvalue weighted by Gasteiger charge is -2.04. The number of aryl methyl sites for hydroxylation is 1. The van der Waals surface area contributed by atoms with Crippen molar-refractivity contribution in [2.75, 3.05) is 13.2 Å². The number of carbonyl (C=O) groups is 1. The highest BCUT2D eigenvalue weighted by molar-refractivity contribution is 5.90. The van der Waals surface area contributed by atoms with Gasteiger partial charge in [-0.05, 0) is 18.6 Å². The number of carbonyl (C=O) groups excluding carboxylic acids is 1. The van der Waals surface area contributed by atoms with Gasteiger partial charge in [-0.15, -0.1) is 0 Å². The van der Waals surface area contributed by atoms with E-state index in [1.807, 2.05) is 25.1 Å². The molecule has 1 aliphatic rings. The van der Waals surface area contributed by atoms with E-state index in [1.165, 1.54) is 0 Å². The molecule has 0 saturated carbocycles. The first-order chi connectivity index (χ1) is 6.77. The van der Waals surface area contributed by atoms with E-state index >= 15 is 0 Å². The van der Waals surface area contributed by atoms with Gasteiger partial charge in [0.1, 0.15) is 12.7 Å². The lowest BCUT2D eigenvalue weighted by molar-refractivity contribution is 0.0476. The van der Waals surface area contributed by atoms with E-state index in [1.54, 1.807) is 6.07 Å². The van der Waals surface area contributed by atoms with Crippen LogP contribution in [0.4, 0.5) is 0 Å². The molecule has 0 spiro atoms.